The van der Waals surface area contributed by atoms with Gasteiger partial charge in [-0.3, -0.25) is 30.0 Å². The van der Waals surface area contributed by atoms with Crippen molar-refractivity contribution in [3.8, 4) is 5.75 Å². The molecule has 1 heterocycles. The lowest BCUT2D eigenvalue weighted by atomic mass is 10.0. The van der Waals surface area contributed by atoms with Crippen molar-refractivity contribution in [3.63, 3.8) is 0 Å². The van der Waals surface area contributed by atoms with E-state index in [0.717, 1.165) is 0 Å². The molecule has 0 radical (unpaired) electrons. The Morgan fingerprint density at radius 1 is 0.829 bits per heavy atom. The SMILES string of the molecule is COc1ccc(C(=O)NNC(=O)[C@H](NC(=O)c2ccccc2NC(=O)c2ccco2)C(C)C)cc1. The van der Waals surface area contributed by atoms with Crippen molar-refractivity contribution < 1.29 is 28.3 Å². The lowest BCUT2D eigenvalue weighted by molar-refractivity contribution is -0.124. The molecule has 0 saturated carbocycles. The standard InChI is InChI=1S/C25H26N4O6/c1-15(2)21(25(33)29-28-22(30)16-10-12-17(34-3)13-11-16)27-23(31)18-7-4-5-8-19(18)26-24(32)20-9-6-14-35-20/h4-15,21H,1-3H3,(H,26,32)(H,27,31)(H,28,30)(H,29,33)/t21-/m1/s1. The van der Waals surface area contributed by atoms with Gasteiger partial charge >= 0.3 is 0 Å². The molecule has 0 aliphatic heterocycles. The molecule has 35 heavy (non-hydrogen) atoms. The van der Waals surface area contributed by atoms with Gasteiger partial charge in [0.2, 0.25) is 0 Å². The van der Waals surface area contributed by atoms with Crippen LogP contribution in [0.5, 0.6) is 5.75 Å². The molecular weight excluding hydrogens is 452 g/mol. The Bertz CT molecular complexity index is 1190. The highest BCUT2D eigenvalue weighted by Gasteiger charge is 2.26. The lowest BCUT2D eigenvalue weighted by Gasteiger charge is -2.22. The number of rotatable bonds is 8. The first kappa shape index (κ1) is 25.0. The van der Waals surface area contributed by atoms with Crippen LogP contribution >= 0.6 is 0 Å². The third kappa shape index (κ3) is 6.47. The normalized spacial score (nSPS) is 11.3. The highest BCUT2D eigenvalue weighted by molar-refractivity contribution is 6.08. The summed E-state index contributed by atoms with van der Waals surface area (Å²) in [6.45, 7) is 3.50. The summed E-state index contributed by atoms with van der Waals surface area (Å²) < 4.78 is 10.1. The number of para-hydroxylation sites is 1. The van der Waals surface area contributed by atoms with E-state index in [9.17, 15) is 19.2 Å². The minimum absolute atomic E-state index is 0.0900. The van der Waals surface area contributed by atoms with Gasteiger partial charge in [0.25, 0.3) is 23.6 Å². The molecule has 0 aliphatic carbocycles. The third-order valence-electron chi connectivity index (χ3n) is 5.05. The van der Waals surface area contributed by atoms with Gasteiger partial charge in [0, 0.05) is 5.56 Å². The third-order valence-corrected chi connectivity index (χ3v) is 5.05. The van der Waals surface area contributed by atoms with Crippen LogP contribution in [0, 0.1) is 5.92 Å². The molecule has 0 fully saturated rings. The monoisotopic (exact) mass is 478 g/mol. The molecule has 182 valence electrons. The number of nitrogens with one attached hydrogen (secondary N) is 4. The summed E-state index contributed by atoms with van der Waals surface area (Å²) in [4.78, 5) is 50.4. The first-order chi connectivity index (χ1) is 16.8. The van der Waals surface area contributed by atoms with Gasteiger partial charge in [-0.1, -0.05) is 26.0 Å². The second-order valence-electron chi connectivity index (χ2n) is 7.84. The average molecular weight is 479 g/mol. The first-order valence-corrected chi connectivity index (χ1v) is 10.8. The lowest BCUT2D eigenvalue weighted by Crippen LogP contribution is -2.54. The molecule has 10 nitrogen and oxygen atoms in total. The maximum atomic E-state index is 13.0. The minimum Gasteiger partial charge on any atom is -0.497 e. The van der Waals surface area contributed by atoms with E-state index in [1.165, 1.54) is 25.5 Å². The van der Waals surface area contributed by atoms with E-state index in [2.05, 4.69) is 21.5 Å². The summed E-state index contributed by atoms with van der Waals surface area (Å²) in [5, 5.41) is 5.30. The van der Waals surface area contributed by atoms with Gasteiger partial charge in [-0.25, -0.2) is 0 Å². The number of hydrazine groups is 1. The second kappa shape index (κ2) is 11.5. The number of amides is 4. The number of hydrogen-bond donors (Lipinski definition) is 4. The van der Waals surface area contributed by atoms with E-state index in [1.807, 2.05) is 0 Å². The number of anilines is 1. The summed E-state index contributed by atoms with van der Waals surface area (Å²) in [6.07, 6.45) is 1.37. The van der Waals surface area contributed by atoms with Crippen LogP contribution in [-0.2, 0) is 4.79 Å². The van der Waals surface area contributed by atoms with Crippen molar-refractivity contribution in [2.45, 2.75) is 19.9 Å². The molecule has 3 rings (SSSR count). The molecule has 0 unspecified atom stereocenters. The zero-order valence-electron chi connectivity index (χ0n) is 19.5. The van der Waals surface area contributed by atoms with Crippen LogP contribution in [0.4, 0.5) is 5.69 Å². The van der Waals surface area contributed by atoms with Crippen LogP contribution in [0.2, 0.25) is 0 Å². The van der Waals surface area contributed by atoms with Gasteiger partial charge in [-0.15, -0.1) is 0 Å². The Balaban J connectivity index is 1.65. The van der Waals surface area contributed by atoms with E-state index < -0.39 is 29.7 Å². The van der Waals surface area contributed by atoms with Gasteiger partial charge in [-0.05, 0) is 54.4 Å². The summed E-state index contributed by atoms with van der Waals surface area (Å²) in [5.41, 5.74) is 5.42. The quantitative estimate of drug-likeness (QED) is 0.367. The first-order valence-electron chi connectivity index (χ1n) is 10.8. The summed E-state index contributed by atoms with van der Waals surface area (Å²) in [7, 11) is 1.51. The number of ether oxygens (including phenoxy) is 1. The zero-order chi connectivity index (χ0) is 25.4. The Morgan fingerprint density at radius 3 is 2.17 bits per heavy atom. The van der Waals surface area contributed by atoms with Crippen LogP contribution in [0.25, 0.3) is 0 Å². The van der Waals surface area contributed by atoms with Crippen molar-refractivity contribution in [2.75, 3.05) is 12.4 Å². The molecule has 0 aliphatic rings. The minimum atomic E-state index is -0.965. The van der Waals surface area contributed by atoms with Gasteiger partial charge in [0.15, 0.2) is 5.76 Å². The maximum Gasteiger partial charge on any atom is 0.291 e. The van der Waals surface area contributed by atoms with Crippen LogP contribution in [-0.4, -0.2) is 36.8 Å². The van der Waals surface area contributed by atoms with E-state index in [1.54, 1.807) is 62.4 Å². The van der Waals surface area contributed by atoms with E-state index in [-0.39, 0.29) is 22.9 Å². The molecule has 2 aromatic carbocycles. The summed E-state index contributed by atoms with van der Waals surface area (Å²) in [6, 6.07) is 14.8. The van der Waals surface area contributed by atoms with Gasteiger partial charge in [-0.2, -0.15) is 0 Å². The van der Waals surface area contributed by atoms with Crippen molar-refractivity contribution in [2.24, 2.45) is 5.92 Å². The van der Waals surface area contributed by atoms with Crippen LogP contribution < -0.4 is 26.2 Å². The van der Waals surface area contributed by atoms with E-state index in [4.69, 9.17) is 9.15 Å². The molecule has 0 spiro atoms. The van der Waals surface area contributed by atoms with Gasteiger partial charge < -0.3 is 19.8 Å². The topological polar surface area (TPSA) is 139 Å². The fourth-order valence-electron chi connectivity index (χ4n) is 3.15. The van der Waals surface area contributed by atoms with Crippen molar-refractivity contribution in [1.82, 2.24) is 16.2 Å². The Kier molecular flexibility index (Phi) is 8.23. The van der Waals surface area contributed by atoms with E-state index in [0.29, 0.717) is 11.3 Å². The molecular formula is C25H26N4O6. The smallest absolute Gasteiger partial charge is 0.291 e. The largest absolute Gasteiger partial charge is 0.497 e. The Hall–Kier alpha value is -4.60. The molecule has 3 aromatic rings. The molecule has 0 bridgehead atoms. The van der Waals surface area contributed by atoms with Crippen molar-refractivity contribution in [1.29, 1.82) is 0 Å². The molecule has 1 aromatic heterocycles. The summed E-state index contributed by atoms with van der Waals surface area (Å²) in [5.74, 6) is -1.85. The predicted molar refractivity (Wildman–Crippen MR) is 128 cm³/mol. The summed E-state index contributed by atoms with van der Waals surface area (Å²) >= 11 is 0. The highest BCUT2D eigenvalue weighted by Crippen LogP contribution is 2.17. The van der Waals surface area contributed by atoms with E-state index >= 15 is 0 Å². The molecule has 4 amide bonds. The average Bonchev–Trinajstić information content (AvgIpc) is 3.41. The van der Waals surface area contributed by atoms with Crippen molar-refractivity contribution >= 4 is 29.3 Å². The zero-order valence-corrected chi connectivity index (χ0v) is 19.5. The highest BCUT2D eigenvalue weighted by atomic mass is 16.5. The number of methoxy groups -OCH3 is 1. The fraction of sp³-hybridized carbons (Fsp3) is 0.200. The van der Waals surface area contributed by atoms with Gasteiger partial charge in [0.1, 0.15) is 11.8 Å². The molecule has 4 N–H and O–H groups in total. The van der Waals surface area contributed by atoms with Crippen LogP contribution in [0.3, 0.4) is 0 Å². The number of benzene rings is 2. The Morgan fingerprint density at radius 2 is 1.54 bits per heavy atom. The number of carbonyl (C=O) groups is 4. The number of carbonyl (C=O) groups excluding carboxylic acids is 4. The van der Waals surface area contributed by atoms with Crippen molar-refractivity contribution in [3.05, 3.63) is 83.8 Å². The van der Waals surface area contributed by atoms with Crippen LogP contribution in [0.15, 0.2) is 71.3 Å². The fourth-order valence-corrected chi connectivity index (χ4v) is 3.15. The number of hydrogen-bond acceptors (Lipinski definition) is 6. The number of furan rings is 1. The molecule has 10 heteroatoms. The second-order valence-corrected chi connectivity index (χ2v) is 7.84. The van der Waals surface area contributed by atoms with Gasteiger partial charge in [0.05, 0.1) is 24.6 Å². The van der Waals surface area contributed by atoms with Crippen LogP contribution in [0.1, 0.15) is 45.1 Å². The Labute approximate surface area is 202 Å². The molecule has 1 atom stereocenters. The predicted octanol–water partition coefficient (Wildman–Crippen LogP) is 2.76. The maximum absolute atomic E-state index is 13.0. The molecule has 0 saturated heterocycles.